The minimum absolute atomic E-state index is 0.110. The largest absolute Gasteiger partial charge is 0.484 e. The molecular formula is C18H13F7N2O4. The van der Waals surface area contributed by atoms with Crippen LogP contribution in [0.3, 0.4) is 0 Å². The SMILES string of the molecule is O=C(COc1cccc(C(F)(F)F)c1)N/N=C/c1ccc(OC(F)F)cc1OC(F)F. The van der Waals surface area contributed by atoms with Crippen LogP contribution >= 0.6 is 0 Å². The lowest BCUT2D eigenvalue weighted by Crippen LogP contribution is -2.24. The molecule has 0 atom stereocenters. The number of nitrogens with one attached hydrogen (secondary N) is 1. The van der Waals surface area contributed by atoms with Crippen LogP contribution in [0, 0.1) is 0 Å². The van der Waals surface area contributed by atoms with Gasteiger partial charge in [0, 0.05) is 11.6 Å². The first-order valence-corrected chi connectivity index (χ1v) is 8.20. The van der Waals surface area contributed by atoms with Crippen molar-refractivity contribution in [1.82, 2.24) is 5.43 Å². The molecule has 1 amide bonds. The average molecular weight is 454 g/mol. The minimum Gasteiger partial charge on any atom is -0.484 e. The van der Waals surface area contributed by atoms with Crippen LogP contribution < -0.4 is 19.6 Å². The number of rotatable bonds is 9. The topological polar surface area (TPSA) is 69.2 Å². The molecule has 0 unspecified atom stereocenters. The first kappa shape index (κ1) is 23.8. The van der Waals surface area contributed by atoms with Crippen LogP contribution in [0.2, 0.25) is 0 Å². The maximum atomic E-state index is 12.6. The predicted molar refractivity (Wildman–Crippen MR) is 92.4 cm³/mol. The number of carbonyl (C=O) groups excluding carboxylic acids is 1. The van der Waals surface area contributed by atoms with Crippen molar-refractivity contribution < 1.29 is 49.7 Å². The lowest BCUT2D eigenvalue weighted by molar-refractivity contribution is -0.137. The fraction of sp³-hybridized carbons (Fsp3) is 0.222. The van der Waals surface area contributed by atoms with Gasteiger partial charge in [0.25, 0.3) is 5.91 Å². The van der Waals surface area contributed by atoms with Gasteiger partial charge in [-0.1, -0.05) is 6.07 Å². The molecule has 0 aliphatic heterocycles. The van der Waals surface area contributed by atoms with Crippen LogP contribution in [0.1, 0.15) is 11.1 Å². The molecule has 0 heterocycles. The lowest BCUT2D eigenvalue weighted by atomic mass is 10.2. The highest BCUT2D eigenvalue weighted by atomic mass is 19.4. The predicted octanol–water partition coefficient (Wildman–Crippen LogP) is 4.44. The highest BCUT2D eigenvalue weighted by molar-refractivity contribution is 5.85. The van der Waals surface area contributed by atoms with Gasteiger partial charge in [0.1, 0.15) is 17.2 Å². The Morgan fingerprint density at radius 3 is 2.35 bits per heavy atom. The molecule has 0 bridgehead atoms. The standard InChI is InChI=1S/C18H13F7N2O4/c19-16(20)30-13-5-4-10(14(7-13)31-17(21)22)8-26-27-15(28)9-29-12-3-1-2-11(6-12)18(23,24)25/h1-8,16-17H,9H2,(H,27,28)/b26-8+. The Labute approximate surface area is 170 Å². The van der Waals surface area contributed by atoms with Gasteiger partial charge in [0.2, 0.25) is 0 Å². The van der Waals surface area contributed by atoms with Gasteiger partial charge in [-0.25, -0.2) is 5.43 Å². The fourth-order valence-corrected chi connectivity index (χ4v) is 2.11. The normalized spacial score (nSPS) is 11.8. The molecular weight excluding hydrogens is 441 g/mol. The summed E-state index contributed by atoms with van der Waals surface area (Å²) in [5, 5.41) is 3.47. The van der Waals surface area contributed by atoms with Crippen LogP contribution in [0.25, 0.3) is 0 Å². The molecule has 0 aromatic heterocycles. The molecule has 1 N–H and O–H groups in total. The Kier molecular flexibility index (Phi) is 8.05. The summed E-state index contributed by atoms with van der Waals surface area (Å²) in [7, 11) is 0. The van der Waals surface area contributed by atoms with Crippen molar-refractivity contribution in [3.8, 4) is 17.2 Å². The van der Waals surface area contributed by atoms with Crippen molar-refractivity contribution >= 4 is 12.1 Å². The Hall–Kier alpha value is -3.51. The maximum absolute atomic E-state index is 12.6. The lowest BCUT2D eigenvalue weighted by Gasteiger charge is -2.11. The highest BCUT2D eigenvalue weighted by Crippen LogP contribution is 2.31. The summed E-state index contributed by atoms with van der Waals surface area (Å²) in [6.45, 7) is -7.15. The van der Waals surface area contributed by atoms with Gasteiger partial charge in [-0.15, -0.1) is 0 Å². The Morgan fingerprint density at radius 2 is 1.71 bits per heavy atom. The monoisotopic (exact) mass is 454 g/mol. The molecule has 0 spiro atoms. The Balaban J connectivity index is 1.97. The molecule has 0 fully saturated rings. The summed E-state index contributed by atoms with van der Waals surface area (Å²) in [6.07, 6.45) is -3.70. The van der Waals surface area contributed by atoms with E-state index in [0.717, 1.165) is 36.5 Å². The van der Waals surface area contributed by atoms with Crippen molar-refractivity contribution in [2.45, 2.75) is 19.4 Å². The molecule has 2 aromatic carbocycles. The second-order valence-electron chi connectivity index (χ2n) is 5.56. The summed E-state index contributed by atoms with van der Waals surface area (Å²) in [4.78, 5) is 11.7. The minimum atomic E-state index is -4.58. The molecule has 0 aliphatic carbocycles. The zero-order chi connectivity index (χ0) is 23.0. The van der Waals surface area contributed by atoms with Gasteiger partial charge in [-0.2, -0.15) is 35.8 Å². The number of hydrogen-bond acceptors (Lipinski definition) is 5. The Morgan fingerprint density at radius 1 is 1.00 bits per heavy atom. The molecule has 2 rings (SSSR count). The van der Waals surface area contributed by atoms with Gasteiger partial charge in [0.15, 0.2) is 6.61 Å². The van der Waals surface area contributed by atoms with Crippen LogP contribution in [-0.2, 0) is 11.0 Å². The van der Waals surface area contributed by atoms with Crippen LogP contribution in [0.15, 0.2) is 47.6 Å². The van der Waals surface area contributed by atoms with Gasteiger partial charge in [-0.05, 0) is 30.3 Å². The van der Waals surface area contributed by atoms with E-state index in [1.165, 1.54) is 6.07 Å². The van der Waals surface area contributed by atoms with Gasteiger partial charge < -0.3 is 14.2 Å². The first-order valence-electron chi connectivity index (χ1n) is 8.20. The molecule has 0 saturated heterocycles. The third kappa shape index (κ3) is 8.03. The third-order valence-corrected chi connectivity index (χ3v) is 3.35. The number of amides is 1. The van der Waals surface area contributed by atoms with E-state index >= 15 is 0 Å². The van der Waals surface area contributed by atoms with E-state index < -0.39 is 49.0 Å². The number of hydrazone groups is 1. The summed E-state index contributed by atoms with van der Waals surface area (Å²) < 4.78 is 101. The van der Waals surface area contributed by atoms with Crippen molar-refractivity contribution in [3.05, 3.63) is 53.6 Å². The van der Waals surface area contributed by atoms with Crippen molar-refractivity contribution in [3.63, 3.8) is 0 Å². The average Bonchev–Trinajstić information content (AvgIpc) is 2.66. The van der Waals surface area contributed by atoms with Gasteiger partial charge >= 0.3 is 19.4 Å². The number of hydrogen-bond donors (Lipinski definition) is 1. The van der Waals surface area contributed by atoms with Crippen LogP contribution in [-0.4, -0.2) is 32.0 Å². The molecule has 13 heteroatoms. The summed E-state index contributed by atoms with van der Waals surface area (Å²) in [5.74, 6) is -2.08. The fourth-order valence-electron chi connectivity index (χ4n) is 2.11. The first-order chi connectivity index (χ1) is 14.5. The van der Waals surface area contributed by atoms with Crippen molar-refractivity contribution in [2.24, 2.45) is 5.10 Å². The quantitative estimate of drug-likeness (QED) is 0.346. The number of benzene rings is 2. The highest BCUT2D eigenvalue weighted by Gasteiger charge is 2.30. The molecule has 2 aromatic rings. The molecule has 6 nitrogen and oxygen atoms in total. The van der Waals surface area contributed by atoms with Crippen molar-refractivity contribution in [1.29, 1.82) is 0 Å². The van der Waals surface area contributed by atoms with Crippen molar-refractivity contribution in [2.75, 3.05) is 6.61 Å². The Bertz CT molecular complexity index is 920. The third-order valence-electron chi connectivity index (χ3n) is 3.35. The van der Waals surface area contributed by atoms with E-state index in [1.54, 1.807) is 0 Å². The van der Waals surface area contributed by atoms with Crippen LogP contribution in [0.4, 0.5) is 30.7 Å². The molecule has 0 saturated carbocycles. The second kappa shape index (κ2) is 10.5. The zero-order valence-electron chi connectivity index (χ0n) is 15.2. The van der Waals surface area contributed by atoms with E-state index in [-0.39, 0.29) is 11.3 Å². The molecule has 168 valence electrons. The van der Waals surface area contributed by atoms with E-state index in [4.69, 9.17) is 4.74 Å². The van der Waals surface area contributed by atoms with E-state index in [2.05, 4.69) is 14.6 Å². The smallest absolute Gasteiger partial charge is 0.416 e. The number of nitrogens with zero attached hydrogens (tertiary/aromatic N) is 1. The summed E-state index contributed by atoms with van der Waals surface area (Å²) in [6, 6.07) is 6.72. The molecule has 0 radical (unpaired) electrons. The van der Waals surface area contributed by atoms with E-state index in [1.807, 2.05) is 5.43 Å². The number of halogens is 7. The number of alkyl halides is 7. The second-order valence-corrected chi connectivity index (χ2v) is 5.56. The zero-order valence-corrected chi connectivity index (χ0v) is 15.2. The van der Waals surface area contributed by atoms with Gasteiger partial charge in [-0.3, -0.25) is 4.79 Å². The van der Waals surface area contributed by atoms with E-state index in [0.29, 0.717) is 6.07 Å². The van der Waals surface area contributed by atoms with Gasteiger partial charge in [0.05, 0.1) is 11.8 Å². The summed E-state index contributed by atoms with van der Waals surface area (Å²) >= 11 is 0. The molecule has 0 aliphatic rings. The molecule has 31 heavy (non-hydrogen) atoms. The summed E-state index contributed by atoms with van der Waals surface area (Å²) in [5.41, 5.74) is 0.889. The maximum Gasteiger partial charge on any atom is 0.416 e. The number of carbonyl (C=O) groups is 1. The van der Waals surface area contributed by atoms with E-state index in [9.17, 15) is 35.5 Å². The van der Waals surface area contributed by atoms with Crippen LogP contribution in [0.5, 0.6) is 17.2 Å². The number of ether oxygens (including phenoxy) is 3.